The van der Waals surface area contributed by atoms with Gasteiger partial charge in [0, 0.05) is 39.4 Å². The maximum atomic E-state index is 6.26. The van der Waals surface area contributed by atoms with Crippen LogP contribution in [0.5, 0.6) is 0 Å². The van der Waals surface area contributed by atoms with Crippen molar-refractivity contribution in [3.63, 3.8) is 0 Å². The molecule has 1 aromatic rings. The minimum atomic E-state index is 0.673. The van der Waals surface area contributed by atoms with Crippen molar-refractivity contribution >= 4 is 17.4 Å². The summed E-state index contributed by atoms with van der Waals surface area (Å²) in [5.74, 6) is 1.72. The predicted octanol–water partition coefficient (Wildman–Crippen LogP) is 2.85. The molecule has 5 heteroatoms. The zero-order valence-electron chi connectivity index (χ0n) is 12.6. The van der Waals surface area contributed by atoms with E-state index in [0.717, 1.165) is 55.7 Å². The SMILES string of the molecule is CN(CC1CCOCC1)c1ccc(Cl)c(CNC2CC2)n1. The highest BCUT2D eigenvalue weighted by molar-refractivity contribution is 6.31. The summed E-state index contributed by atoms with van der Waals surface area (Å²) >= 11 is 6.26. The summed E-state index contributed by atoms with van der Waals surface area (Å²) in [5, 5.41) is 4.24. The molecule has 0 bridgehead atoms. The van der Waals surface area contributed by atoms with Gasteiger partial charge >= 0.3 is 0 Å². The molecule has 1 aliphatic carbocycles. The van der Waals surface area contributed by atoms with Crippen molar-refractivity contribution in [2.45, 2.75) is 38.3 Å². The molecule has 1 aromatic heterocycles. The Morgan fingerprint density at radius 3 is 2.76 bits per heavy atom. The quantitative estimate of drug-likeness (QED) is 0.877. The van der Waals surface area contributed by atoms with Crippen molar-refractivity contribution in [2.75, 3.05) is 31.7 Å². The molecule has 0 unspecified atom stereocenters. The zero-order chi connectivity index (χ0) is 14.7. The molecule has 2 fully saturated rings. The summed E-state index contributed by atoms with van der Waals surface area (Å²) in [6, 6.07) is 4.66. The maximum absolute atomic E-state index is 6.26. The third-order valence-corrected chi connectivity index (χ3v) is 4.65. The van der Waals surface area contributed by atoms with Gasteiger partial charge in [-0.3, -0.25) is 0 Å². The molecule has 116 valence electrons. The van der Waals surface area contributed by atoms with E-state index in [1.165, 1.54) is 12.8 Å². The minimum absolute atomic E-state index is 0.673. The van der Waals surface area contributed by atoms with Crippen LogP contribution in [0.1, 0.15) is 31.4 Å². The van der Waals surface area contributed by atoms with E-state index in [9.17, 15) is 0 Å². The molecule has 2 aliphatic rings. The Morgan fingerprint density at radius 1 is 1.29 bits per heavy atom. The van der Waals surface area contributed by atoms with Crippen LogP contribution in [0.25, 0.3) is 0 Å². The summed E-state index contributed by atoms with van der Waals surface area (Å²) in [7, 11) is 2.11. The largest absolute Gasteiger partial charge is 0.381 e. The van der Waals surface area contributed by atoms with E-state index >= 15 is 0 Å². The van der Waals surface area contributed by atoms with Gasteiger partial charge in [0.15, 0.2) is 0 Å². The van der Waals surface area contributed by atoms with Gasteiger partial charge in [0.25, 0.3) is 0 Å². The number of rotatable bonds is 6. The fraction of sp³-hybridized carbons (Fsp3) is 0.688. The Bertz CT molecular complexity index is 473. The second-order valence-corrected chi connectivity index (χ2v) is 6.60. The van der Waals surface area contributed by atoms with E-state index in [1.54, 1.807) is 0 Å². The van der Waals surface area contributed by atoms with E-state index < -0.39 is 0 Å². The second-order valence-electron chi connectivity index (χ2n) is 6.19. The lowest BCUT2D eigenvalue weighted by Gasteiger charge is -2.28. The van der Waals surface area contributed by atoms with Crippen LogP contribution in [-0.4, -0.2) is 37.8 Å². The predicted molar refractivity (Wildman–Crippen MR) is 85.9 cm³/mol. The van der Waals surface area contributed by atoms with Gasteiger partial charge in [0.1, 0.15) is 5.82 Å². The lowest BCUT2D eigenvalue weighted by molar-refractivity contribution is 0.0685. The molecule has 0 atom stereocenters. The monoisotopic (exact) mass is 309 g/mol. The first-order chi connectivity index (χ1) is 10.2. The van der Waals surface area contributed by atoms with Crippen LogP contribution in [-0.2, 0) is 11.3 Å². The zero-order valence-corrected chi connectivity index (χ0v) is 13.4. The third-order valence-electron chi connectivity index (χ3n) is 4.30. The van der Waals surface area contributed by atoms with E-state index in [0.29, 0.717) is 12.0 Å². The molecular formula is C16H24ClN3O. The molecule has 0 spiro atoms. The number of anilines is 1. The van der Waals surface area contributed by atoms with Gasteiger partial charge in [0.2, 0.25) is 0 Å². The highest BCUT2D eigenvalue weighted by atomic mass is 35.5. The Morgan fingerprint density at radius 2 is 2.05 bits per heavy atom. The Labute approximate surface area is 131 Å². The number of nitrogens with zero attached hydrogens (tertiary/aromatic N) is 2. The first-order valence-corrected chi connectivity index (χ1v) is 8.28. The van der Waals surface area contributed by atoms with Crippen LogP contribution < -0.4 is 10.2 Å². The standard InChI is InChI=1S/C16H24ClN3O/c1-20(11-12-6-8-21-9-7-12)16-5-4-14(17)15(19-16)10-18-13-2-3-13/h4-5,12-13,18H,2-3,6-11H2,1H3. The molecule has 0 aromatic carbocycles. The molecule has 1 aliphatic heterocycles. The normalized spacial score (nSPS) is 19.7. The number of pyridine rings is 1. The van der Waals surface area contributed by atoms with E-state index in [2.05, 4.69) is 17.3 Å². The number of aromatic nitrogens is 1. The van der Waals surface area contributed by atoms with Crippen molar-refractivity contribution in [3.8, 4) is 0 Å². The van der Waals surface area contributed by atoms with Gasteiger partial charge < -0.3 is 15.0 Å². The smallest absolute Gasteiger partial charge is 0.128 e. The molecular weight excluding hydrogens is 286 g/mol. The molecule has 1 saturated carbocycles. The van der Waals surface area contributed by atoms with Crippen molar-refractivity contribution in [1.29, 1.82) is 0 Å². The van der Waals surface area contributed by atoms with Gasteiger partial charge in [-0.1, -0.05) is 11.6 Å². The van der Waals surface area contributed by atoms with Crippen molar-refractivity contribution in [1.82, 2.24) is 10.3 Å². The average Bonchev–Trinajstić information content (AvgIpc) is 3.31. The van der Waals surface area contributed by atoms with E-state index in [1.807, 2.05) is 12.1 Å². The summed E-state index contributed by atoms with van der Waals surface area (Å²) in [5.41, 5.74) is 0.958. The first-order valence-electron chi connectivity index (χ1n) is 7.90. The van der Waals surface area contributed by atoms with Gasteiger partial charge in [-0.05, 0) is 43.7 Å². The van der Waals surface area contributed by atoms with E-state index in [-0.39, 0.29) is 0 Å². The second kappa shape index (κ2) is 6.95. The molecule has 1 saturated heterocycles. The highest BCUT2D eigenvalue weighted by Gasteiger charge is 2.21. The fourth-order valence-electron chi connectivity index (χ4n) is 2.75. The van der Waals surface area contributed by atoms with Gasteiger partial charge in [-0.2, -0.15) is 0 Å². The maximum Gasteiger partial charge on any atom is 0.128 e. The molecule has 1 N–H and O–H groups in total. The topological polar surface area (TPSA) is 37.4 Å². The lowest BCUT2D eigenvalue weighted by atomic mass is 10.00. The summed E-state index contributed by atoms with van der Waals surface area (Å²) in [6.07, 6.45) is 4.85. The first kappa shape index (κ1) is 15.1. The van der Waals surface area contributed by atoms with Crippen LogP contribution >= 0.6 is 11.6 Å². The summed E-state index contributed by atoms with van der Waals surface area (Å²) < 4.78 is 5.42. The van der Waals surface area contributed by atoms with Gasteiger partial charge in [-0.25, -0.2) is 4.98 Å². The third kappa shape index (κ3) is 4.31. The summed E-state index contributed by atoms with van der Waals surface area (Å²) in [6.45, 7) is 3.59. The molecule has 4 nitrogen and oxygen atoms in total. The molecule has 2 heterocycles. The Kier molecular flexibility index (Phi) is 4.99. The lowest BCUT2D eigenvalue weighted by Crippen LogP contribution is -2.30. The average molecular weight is 310 g/mol. The number of nitrogens with one attached hydrogen (secondary N) is 1. The minimum Gasteiger partial charge on any atom is -0.381 e. The number of hydrogen-bond donors (Lipinski definition) is 1. The van der Waals surface area contributed by atoms with Crippen LogP contribution in [0.15, 0.2) is 12.1 Å². The van der Waals surface area contributed by atoms with Crippen molar-refractivity contribution < 1.29 is 4.74 Å². The van der Waals surface area contributed by atoms with E-state index in [4.69, 9.17) is 21.3 Å². The van der Waals surface area contributed by atoms with Gasteiger partial charge in [-0.15, -0.1) is 0 Å². The Balaban J connectivity index is 1.61. The molecule has 21 heavy (non-hydrogen) atoms. The van der Waals surface area contributed by atoms with Crippen LogP contribution in [0.3, 0.4) is 0 Å². The highest BCUT2D eigenvalue weighted by Crippen LogP contribution is 2.24. The van der Waals surface area contributed by atoms with Crippen LogP contribution in [0.2, 0.25) is 5.02 Å². The number of ether oxygens (including phenoxy) is 1. The fourth-order valence-corrected chi connectivity index (χ4v) is 2.92. The van der Waals surface area contributed by atoms with Crippen LogP contribution in [0.4, 0.5) is 5.82 Å². The molecule has 0 radical (unpaired) electrons. The molecule has 3 rings (SSSR count). The number of halogens is 1. The Hall–Kier alpha value is -0.840. The van der Waals surface area contributed by atoms with Crippen molar-refractivity contribution in [2.24, 2.45) is 5.92 Å². The van der Waals surface area contributed by atoms with Crippen LogP contribution in [0, 0.1) is 5.92 Å². The summed E-state index contributed by atoms with van der Waals surface area (Å²) in [4.78, 5) is 6.98. The number of hydrogen-bond acceptors (Lipinski definition) is 4. The van der Waals surface area contributed by atoms with Crippen molar-refractivity contribution in [3.05, 3.63) is 22.8 Å². The van der Waals surface area contributed by atoms with Gasteiger partial charge in [0.05, 0.1) is 10.7 Å². The molecule has 0 amide bonds.